The molecule has 0 radical (unpaired) electrons. The Morgan fingerprint density at radius 2 is 1.94 bits per heavy atom. The molecule has 0 aliphatic carbocycles. The predicted octanol–water partition coefficient (Wildman–Crippen LogP) is 2.33. The zero-order valence-electron chi connectivity index (χ0n) is 19.4. The quantitative estimate of drug-likeness (QED) is 0.687. The number of benzene rings is 1. The van der Waals surface area contributed by atoms with Gasteiger partial charge in [-0.3, -0.25) is 19.5 Å². The van der Waals surface area contributed by atoms with E-state index in [4.69, 9.17) is 4.74 Å². The third-order valence-corrected chi connectivity index (χ3v) is 6.52. The van der Waals surface area contributed by atoms with E-state index in [-0.39, 0.29) is 17.9 Å². The third-order valence-electron chi connectivity index (χ3n) is 6.52. The van der Waals surface area contributed by atoms with Crippen molar-refractivity contribution >= 4 is 17.9 Å². The number of carbonyl (C=O) groups excluding carboxylic acids is 2. The number of aryl methyl sites for hydroxylation is 1. The Hall–Kier alpha value is -3.03. The molecule has 2 aliphatic rings. The maximum Gasteiger partial charge on any atom is 0.244 e. The van der Waals surface area contributed by atoms with E-state index in [1.165, 1.54) is 5.56 Å². The van der Waals surface area contributed by atoms with Crippen molar-refractivity contribution in [3.63, 3.8) is 0 Å². The second-order valence-electron chi connectivity index (χ2n) is 8.62. The molecule has 1 aromatic carbocycles. The summed E-state index contributed by atoms with van der Waals surface area (Å²) in [7, 11) is 0. The summed E-state index contributed by atoms with van der Waals surface area (Å²) in [6.07, 6.45) is 6.01. The lowest BCUT2D eigenvalue weighted by Gasteiger charge is -2.37. The van der Waals surface area contributed by atoms with Crippen LogP contribution in [0.15, 0.2) is 42.6 Å². The molecule has 3 heterocycles. The van der Waals surface area contributed by atoms with Crippen molar-refractivity contribution in [1.29, 1.82) is 0 Å². The number of fused-ring (bicyclic) bond motifs is 1. The van der Waals surface area contributed by atoms with Gasteiger partial charge in [0.1, 0.15) is 0 Å². The summed E-state index contributed by atoms with van der Waals surface area (Å²) in [4.78, 5) is 34.2. The van der Waals surface area contributed by atoms with Crippen molar-refractivity contribution in [2.45, 2.75) is 39.4 Å². The summed E-state index contributed by atoms with van der Waals surface area (Å²) < 4.78 is 5.41. The van der Waals surface area contributed by atoms with Crippen molar-refractivity contribution in [1.82, 2.24) is 20.1 Å². The molecule has 2 aliphatic heterocycles. The first-order chi connectivity index (χ1) is 16.0. The molecule has 4 rings (SSSR count). The molecule has 33 heavy (non-hydrogen) atoms. The summed E-state index contributed by atoms with van der Waals surface area (Å²) in [6, 6.07) is 9.60. The van der Waals surface area contributed by atoms with Crippen LogP contribution in [-0.2, 0) is 33.8 Å². The fourth-order valence-corrected chi connectivity index (χ4v) is 4.50. The van der Waals surface area contributed by atoms with E-state index in [1.54, 1.807) is 12.2 Å². The number of morpholine rings is 1. The number of nitrogens with one attached hydrogen (secondary N) is 1. The van der Waals surface area contributed by atoms with Crippen LogP contribution in [-0.4, -0.2) is 65.5 Å². The van der Waals surface area contributed by atoms with E-state index < -0.39 is 0 Å². The normalized spacial score (nSPS) is 17.6. The molecule has 2 amide bonds. The Bertz CT molecular complexity index is 1020. The summed E-state index contributed by atoms with van der Waals surface area (Å²) in [6.45, 7) is 8.57. The number of rotatable bonds is 6. The van der Waals surface area contributed by atoms with Gasteiger partial charge in [0.05, 0.1) is 19.3 Å². The maximum atomic E-state index is 13.1. The molecule has 1 fully saturated rings. The van der Waals surface area contributed by atoms with E-state index in [0.717, 1.165) is 41.9 Å². The number of carbonyl (C=O) groups is 2. The van der Waals surface area contributed by atoms with Crippen LogP contribution in [0, 0.1) is 6.92 Å². The van der Waals surface area contributed by atoms with Gasteiger partial charge in [0, 0.05) is 50.7 Å². The highest BCUT2D eigenvalue weighted by molar-refractivity contribution is 5.91. The second kappa shape index (κ2) is 10.7. The molecule has 174 valence electrons. The van der Waals surface area contributed by atoms with Gasteiger partial charge in [-0.1, -0.05) is 30.3 Å². The molecule has 1 aromatic heterocycles. The average Bonchev–Trinajstić information content (AvgIpc) is 2.87. The maximum absolute atomic E-state index is 13.1. The monoisotopic (exact) mass is 448 g/mol. The number of ether oxygens (including phenoxy) is 1. The standard InChI is InChI=1S/C26H32N4O3/c1-19-24(17-28-25(31)9-8-21-6-4-3-5-7-21)23-10-11-30(18-22(23)16-27-19)26(32)20(2)29-12-14-33-15-13-29/h3-9,16,20H,10-15,17-18H2,1-2H3,(H,28,31)/b9-8+. The fraction of sp³-hybridized carbons (Fsp3) is 0.423. The van der Waals surface area contributed by atoms with Crippen LogP contribution in [0.4, 0.5) is 0 Å². The highest BCUT2D eigenvalue weighted by Crippen LogP contribution is 2.25. The minimum atomic E-state index is -0.149. The van der Waals surface area contributed by atoms with Crippen molar-refractivity contribution in [2.75, 3.05) is 32.8 Å². The first-order valence-corrected chi connectivity index (χ1v) is 11.6. The van der Waals surface area contributed by atoms with Crippen molar-refractivity contribution in [3.05, 3.63) is 70.6 Å². The van der Waals surface area contributed by atoms with Gasteiger partial charge in [-0.05, 0) is 48.6 Å². The van der Waals surface area contributed by atoms with Crippen molar-refractivity contribution in [3.8, 4) is 0 Å². The van der Waals surface area contributed by atoms with Gasteiger partial charge in [-0.15, -0.1) is 0 Å². The minimum absolute atomic E-state index is 0.136. The Labute approximate surface area is 195 Å². The zero-order chi connectivity index (χ0) is 23.2. The van der Waals surface area contributed by atoms with E-state index >= 15 is 0 Å². The molecular weight excluding hydrogens is 416 g/mol. The Morgan fingerprint density at radius 3 is 2.70 bits per heavy atom. The molecule has 7 nitrogen and oxygen atoms in total. The molecule has 1 saturated heterocycles. The van der Waals surface area contributed by atoms with E-state index in [1.807, 2.05) is 55.3 Å². The van der Waals surface area contributed by atoms with Crippen LogP contribution >= 0.6 is 0 Å². The Morgan fingerprint density at radius 1 is 1.18 bits per heavy atom. The number of hydrogen-bond acceptors (Lipinski definition) is 5. The lowest BCUT2D eigenvalue weighted by atomic mass is 9.94. The number of aromatic nitrogens is 1. The first-order valence-electron chi connectivity index (χ1n) is 11.6. The molecule has 0 spiro atoms. The first kappa shape index (κ1) is 23.1. The van der Waals surface area contributed by atoms with Crippen LogP contribution < -0.4 is 5.32 Å². The molecule has 0 bridgehead atoms. The molecule has 7 heteroatoms. The summed E-state index contributed by atoms with van der Waals surface area (Å²) in [5.41, 5.74) is 5.24. The molecule has 1 atom stereocenters. The average molecular weight is 449 g/mol. The van der Waals surface area contributed by atoms with Gasteiger partial charge in [0.25, 0.3) is 0 Å². The number of pyridine rings is 1. The van der Waals surface area contributed by atoms with E-state index in [2.05, 4.69) is 15.2 Å². The van der Waals surface area contributed by atoms with Crippen LogP contribution in [0.25, 0.3) is 6.08 Å². The number of hydrogen-bond donors (Lipinski definition) is 1. The summed E-state index contributed by atoms with van der Waals surface area (Å²) in [5, 5.41) is 2.99. The smallest absolute Gasteiger partial charge is 0.244 e. The highest BCUT2D eigenvalue weighted by atomic mass is 16.5. The number of amides is 2. The lowest BCUT2D eigenvalue weighted by Crippen LogP contribution is -2.51. The van der Waals surface area contributed by atoms with Gasteiger partial charge in [-0.2, -0.15) is 0 Å². The second-order valence-corrected chi connectivity index (χ2v) is 8.62. The van der Waals surface area contributed by atoms with Gasteiger partial charge >= 0.3 is 0 Å². The highest BCUT2D eigenvalue weighted by Gasteiger charge is 2.30. The predicted molar refractivity (Wildman–Crippen MR) is 127 cm³/mol. The van der Waals surface area contributed by atoms with Gasteiger partial charge in [0.15, 0.2) is 0 Å². The van der Waals surface area contributed by atoms with Crippen LogP contribution in [0.5, 0.6) is 0 Å². The van der Waals surface area contributed by atoms with Crippen molar-refractivity contribution < 1.29 is 14.3 Å². The molecule has 2 aromatic rings. The largest absolute Gasteiger partial charge is 0.379 e. The SMILES string of the molecule is Cc1ncc2c(c1CNC(=O)/C=C/c1ccccc1)CCN(C(=O)C(C)N1CCOCC1)C2. The zero-order valence-corrected chi connectivity index (χ0v) is 19.4. The van der Waals surface area contributed by atoms with Crippen LogP contribution in [0.3, 0.4) is 0 Å². The summed E-state index contributed by atoms with van der Waals surface area (Å²) >= 11 is 0. The number of nitrogens with zero attached hydrogens (tertiary/aromatic N) is 3. The molecular formula is C26H32N4O3. The van der Waals surface area contributed by atoms with Crippen LogP contribution in [0.1, 0.15) is 34.9 Å². The third kappa shape index (κ3) is 5.67. The fourth-order valence-electron chi connectivity index (χ4n) is 4.50. The van der Waals surface area contributed by atoms with E-state index in [0.29, 0.717) is 32.8 Å². The topological polar surface area (TPSA) is 74.8 Å². The van der Waals surface area contributed by atoms with Gasteiger partial charge in [0.2, 0.25) is 11.8 Å². The molecule has 1 unspecified atom stereocenters. The van der Waals surface area contributed by atoms with Crippen molar-refractivity contribution in [2.24, 2.45) is 0 Å². The van der Waals surface area contributed by atoms with Gasteiger partial charge < -0.3 is 15.0 Å². The van der Waals surface area contributed by atoms with E-state index in [9.17, 15) is 9.59 Å². The summed E-state index contributed by atoms with van der Waals surface area (Å²) in [5.74, 6) is 0.0202. The Kier molecular flexibility index (Phi) is 7.52. The Balaban J connectivity index is 1.39. The lowest BCUT2D eigenvalue weighted by molar-refractivity contribution is -0.139. The molecule has 1 N–H and O–H groups in total. The van der Waals surface area contributed by atoms with Gasteiger partial charge in [-0.25, -0.2) is 0 Å². The van der Waals surface area contributed by atoms with Crippen LogP contribution in [0.2, 0.25) is 0 Å². The molecule has 0 saturated carbocycles. The minimum Gasteiger partial charge on any atom is -0.379 e.